The SMILES string of the molecule is CN1c2oc3ccccc3c2N=C(n2c3ccccc3c3c4ccccc4c4c5cc6ccccc6cc5sc4c32)C1c1cccc(-c2ccccc2)c1. The van der Waals surface area contributed by atoms with Gasteiger partial charge in [-0.05, 0) is 74.6 Å². The van der Waals surface area contributed by atoms with Crippen molar-refractivity contribution in [3.63, 3.8) is 0 Å². The van der Waals surface area contributed by atoms with E-state index >= 15 is 0 Å². The second-order valence-corrected chi connectivity index (χ2v) is 15.4. The third-order valence-electron chi connectivity index (χ3n) is 11.4. The molecule has 0 radical (unpaired) electrons. The summed E-state index contributed by atoms with van der Waals surface area (Å²) in [6.07, 6.45) is 0. The summed E-state index contributed by atoms with van der Waals surface area (Å²) in [4.78, 5) is 8.01. The molecule has 3 aromatic heterocycles. The predicted molar refractivity (Wildman–Crippen MR) is 229 cm³/mol. The maximum absolute atomic E-state index is 6.63. The standard InChI is InChI=1S/C49H31N3OS/c1-51-45(33-19-13-18-30(26-33)29-14-3-2-4-15-29)48(50-44-37-23-10-12-25-40(37)53-49(44)51)52-39-24-11-9-22-36(39)42-34-20-7-8-21-35(34)43-38-27-31-16-5-6-17-32(31)28-41(38)54-47(43)46(42)52/h2-28,45H,1H3. The smallest absolute Gasteiger partial charge is 0.223 e. The number of hydrogen-bond donors (Lipinski definition) is 0. The number of anilines is 1. The first-order valence-corrected chi connectivity index (χ1v) is 19.2. The summed E-state index contributed by atoms with van der Waals surface area (Å²) in [5.41, 5.74) is 7.54. The Morgan fingerprint density at radius 2 is 1.24 bits per heavy atom. The quantitative estimate of drug-likeness (QED) is 0.179. The average molecular weight is 710 g/mol. The van der Waals surface area contributed by atoms with Gasteiger partial charge in [0, 0.05) is 38.7 Å². The Kier molecular flexibility index (Phi) is 6.17. The minimum Gasteiger partial charge on any atom is -0.438 e. The van der Waals surface area contributed by atoms with Crippen molar-refractivity contribution >= 4 is 103 Å². The topological polar surface area (TPSA) is 33.7 Å². The molecule has 254 valence electrons. The van der Waals surface area contributed by atoms with Gasteiger partial charge < -0.3 is 9.32 Å². The van der Waals surface area contributed by atoms with Crippen LogP contribution >= 0.6 is 11.3 Å². The third kappa shape index (κ3) is 4.10. The minimum absolute atomic E-state index is 0.251. The molecule has 0 saturated heterocycles. The molecule has 0 aliphatic carbocycles. The Bertz CT molecular complexity index is 3370. The fourth-order valence-electron chi connectivity index (χ4n) is 9.00. The number of hydrogen-bond acceptors (Lipinski definition) is 4. The number of nitrogens with zero attached hydrogens (tertiary/aromatic N) is 3. The summed E-state index contributed by atoms with van der Waals surface area (Å²) in [5.74, 6) is 1.73. The molecular formula is C49H31N3OS. The monoisotopic (exact) mass is 709 g/mol. The van der Waals surface area contributed by atoms with Crippen molar-refractivity contribution in [3.05, 3.63) is 169 Å². The Balaban J connectivity index is 1.25. The molecule has 8 aromatic carbocycles. The van der Waals surface area contributed by atoms with Gasteiger partial charge >= 0.3 is 0 Å². The Hall–Kier alpha value is -6.69. The zero-order valence-corrected chi connectivity index (χ0v) is 30.1. The molecule has 1 unspecified atom stereocenters. The summed E-state index contributed by atoms with van der Waals surface area (Å²) < 4.78 is 11.7. The van der Waals surface area contributed by atoms with Crippen molar-refractivity contribution in [2.45, 2.75) is 6.04 Å². The van der Waals surface area contributed by atoms with Crippen molar-refractivity contribution < 1.29 is 4.42 Å². The molecule has 1 aliphatic rings. The zero-order valence-electron chi connectivity index (χ0n) is 29.3. The Morgan fingerprint density at radius 3 is 2.07 bits per heavy atom. The first kappa shape index (κ1) is 29.8. The maximum atomic E-state index is 6.63. The van der Waals surface area contributed by atoms with Crippen LogP contribution in [0.5, 0.6) is 0 Å². The number of thiophene rings is 1. The summed E-state index contributed by atoms with van der Waals surface area (Å²) in [7, 11) is 2.15. The summed E-state index contributed by atoms with van der Waals surface area (Å²) in [6.45, 7) is 0. The van der Waals surface area contributed by atoms with Crippen LogP contribution in [0.15, 0.2) is 173 Å². The van der Waals surface area contributed by atoms with Crippen LogP contribution < -0.4 is 4.90 Å². The minimum atomic E-state index is -0.251. The van der Waals surface area contributed by atoms with E-state index in [4.69, 9.17) is 9.41 Å². The normalized spacial score (nSPS) is 14.6. The fraction of sp³-hybridized carbons (Fsp3) is 0.0408. The van der Waals surface area contributed by atoms with Crippen LogP contribution in [-0.2, 0) is 0 Å². The lowest BCUT2D eigenvalue weighted by molar-refractivity contribution is 0.583. The van der Waals surface area contributed by atoms with E-state index in [2.05, 4.69) is 168 Å². The van der Waals surface area contributed by atoms with E-state index in [1.165, 1.54) is 69.1 Å². The highest BCUT2D eigenvalue weighted by molar-refractivity contribution is 7.27. The van der Waals surface area contributed by atoms with Crippen molar-refractivity contribution in [2.75, 3.05) is 11.9 Å². The van der Waals surface area contributed by atoms with Crippen LogP contribution in [-0.4, -0.2) is 17.5 Å². The van der Waals surface area contributed by atoms with Gasteiger partial charge in [0.1, 0.15) is 23.1 Å². The summed E-state index contributed by atoms with van der Waals surface area (Å²) in [6, 6.07) is 58.9. The molecule has 4 heterocycles. The Labute approximate surface area is 314 Å². The number of aliphatic imine (C=N–C) groups is 1. The molecular weight excluding hydrogens is 679 g/mol. The molecule has 1 aliphatic heterocycles. The van der Waals surface area contributed by atoms with Gasteiger partial charge in [-0.25, -0.2) is 4.99 Å². The van der Waals surface area contributed by atoms with Crippen molar-refractivity contribution in [1.29, 1.82) is 0 Å². The number of aromatic nitrogens is 1. The maximum Gasteiger partial charge on any atom is 0.223 e. The molecule has 5 heteroatoms. The highest BCUT2D eigenvalue weighted by Crippen LogP contribution is 2.51. The summed E-state index contributed by atoms with van der Waals surface area (Å²) in [5, 5.41) is 11.1. The second kappa shape index (κ2) is 11.2. The van der Waals surface area contributed by atoms with Gasteiger partial charge in [-0.2, -0.15) is 0 Å². The van der Waals surface area contributed by atoms with E-state index in [0.717, 1.165) is 39.5 Å². The zero-order chi connectivity index (χ0) is 35.5. The largest absolute Gasteiger partial charge is 0.438 e. The van der Waals surface area contributed by atoms with Crippen LogP contribution in [0.3, 0.4) is 0 Å². The Morgan fingerprint density at radius 1 is 0.574 bits per heavy atom. The molecule has 0 bridgehead atoms. The van der Waals surface area contributed by atoms with Gasteiger partial charge in [-0.15, -0.1) is 11.3 Å². The molecule has 0 saturated carbocycles. The lowest BCUT2D eigenvalue weighted by Crippen LogP contribution is -2.36. The number of furan rings is 1. The van der Waals surface area contributed by atoms with E-state index in [1.807, 2.05) is 23.5 Å². The molecule has 0 fully saturated rings. The van der Waals surface area contributed by atoms with Crippen LogP contribution in [0.1, 0.15) is 11.6 Å². The lowest BCUT2D eigenvalue weighted by atomic mass is 9.96. The number of fused-ring (bicyclic) bond motifs is 14. The van der Waals surface area contributed by atoms with Crippen LogP contribution in [0.4, 0.5) is 11.6 Å². The molecule has 11 aromatic rings. The van der Waals surface area contributed by atoms with Crippen LogP contribution in [0, 0.1) is 0 Å². The fourth-order valence-corrected chi connectivity index (χ4v) is 10.3. The second-order valence-electron chi connectivity index (χ2n) is 14.4. The van der Waals surface area contributed by atoms with E-state index in [1.54, 1.807) is 0 Å². The van der Waals surface area contributed by atoms with Gasteiger partial charge in [-0.1, -0.05) is 127 Å². The molecule has 12 rings (SSSR count). The van der Waals surface area contributed by atoms with E-state index in [-0.39, 0.29) is 6.04 Å². The molecule has 0 spiro atoms. The highest BCUT2D eigenvalue weighted by Gasteiger charge is 2.36. The first-order valence-electron chi connectivity index (χ1n) is 18.4. The number of para-hydroxylation sites is 2. The summed E-state index contributed by atoms with van der Waals surface area (Å²) >= 11 is 1.89. The van der Waals surface area contributed by atoms with Crippen molar-refractivity contribution in [3.8, 4) is 11.1 Å². The number of likely N-dealkylation sites (N-methyl/N-ethyl adjacent to an activating group) is 1. The molecule has 4 nitrogen and oxygen atoms in total. The van der Waals surface area contributed by atoms with Crippen LogP contribution in [0.25, 0.3) is 85.6 Å². The number of benzene rings is 8. The molecule has 54 heavy (non-hydrogen) atoms. The van der Waals surface area contributed by atoms with E-state index < -0.39 is 0 Å². The van der Waals surface area contributed by atoms with Crippen molar-refractivity contribution in [1.82, 2.24) is 4.57 Å². The van der Waals surface area contributed by atoms with Crippen LogP contribution in [0.2, 0.25) is 0 Å². The molecule has 0 N–H and O–H groups in total. The van der Waals surface area contributed by atoms with Gasteiger partial charge in [0.25, 0.3) is 0 Å². The van der Waals surface area contributed by atoms with E-state index in [9.17, 15) is 0 Å². The van der Waals surface area contributed by atoms with E-state index in [0.29, 0.717) is 0 Å². The average Bonchev–Trinajstić information content (AvgIpc) is 3.90. The first-order chi connectivity index (χ1) is 26.7. The molecule has 1 atom stereocenters. The van der Waals surface area contributed by atoms with Gasteiger partial charge in [0.05, 0.1) is 15.7 Å². The van der Waals surface area contributed by atoms with Gasteiger partial charge in [0.15, 0.2) is 0 Å². The van der Waals surface area contributed by atoms with Gasteiger partial charge in [0.2, 0.25) is 5.88 Å². The predicted octanol–water partition coefficient (Wildman–Crippen LogP) is 13.7. The lowest BCUT2D eigenvalue weighted by Gasteiger charge is -2.34. The number of rotatable bonds is 2. The third-order valence-corrected chi connectivity index (χ3v) is 12.5. The highest BCUT2D eigenvalue weighted by atomic mass is 32.1. The van der Waals surface area contributed by atoms with Crippen molar-refractivity contribution in [2.24, 2.45) is 4.99 Å². The van der Waals surface area contributed by atoms with Gasteiger partial charge in [-0.3, -0.25) is 4.57 Å². The molecule has 0 amide bonds.